The second-order valence-electron chi connectivity index (χ2n) is 5.37. The fourth-order valence-electron chi connectivity index (χ4n) is 2.49. The number of aromatic hydroxyl groups is 1. The lowest BCUT2D eigenvalue weighted by Gasteiger charge is -2.23. The summed E-state index contributed by atoms with van der Waals surface area (Å²) >= 11 is 0. The summed E-state index contributed by atoms with van der Waals surface area (Å²) in [6, 6.07) is 5.46. The Balaban J connectivity index is 2.83. The molecule has 0 saturated carbocycles. The Hall–Kier alpha value is -1.22. The van der Waals surface area contributed by atoms with Crippen molar-refractivity contribution in [3.05, 3.63) is 29.3 Å². The summed E-state index contributed by atoms with van der Waals surface area (Å²) in [4.78, 5) is 3.72. The van der Waals surface area contributed by atoms with Crippen LogP contribution >= 0.6 is 0 Å². The highest BCUT2D eigenvalue weighted by Gasteiger charge is 2.13. The van der Waals surface area contributed by atoms with Crippen LogP contribution in [0.15, 0.2) is 18.2 Å². The molecule has 0 spiro atoms. The summed E-state index contributed by atoms with van der Waals surface area (Å²) in [6.45, 7) is 2.50. The number of nitrogens with zero attached hydrogens (tertiary/aromatic N) is 2. The second-order valence-corrected chi connectivity index (χ2v) is 5.37. The van der Waals surface area contributed by atoms with Gasteiger partial charge in [0.2, 0.25) is 0 Å². The Labute approximate surface area is 137 Å². The molecule has 0 saturated heterocycles. The van der Waals surface area contributed by atoms with Crippen molar-refractivity contribution >= 4 is 0 Å². The maximum absolute atomic E-state index is 10.5. The topological polar surface area (TPSA) is 108 Å². The molecule has 1 aromatic carbocycles. The van der Waals surface area contributed by atoms with E-state index >= 15 is 0 Å². The predicted molar refractivity (Wildman–Crippen MR) is 87.0 cm³/mol. The van der Waals surface area contributed by atoms with Crippen molar-refractivity contribution in [3.8, 4) is 5.75 Å². The number of aliphatic hydroxyl groups is 4. The third kappa shape index (κ3) is 6.82. The van der Waals surface area contributed by atoms with Gasteiger partial charge in [0.15, 0.2) is 0 Å². The molecule has 0 bridgehead atoms. The lowest BCUT2D eigenvalue weighted by Crippen LogP contribution is -2.30. The lowest BCUT2D eigenvalue weighted by molar-refractivity contribution is 0.152. The first-order valence-corrected chi connectivity index (χ1v) is 7.84. The minimum Gasteiger partial charge on any atom is -0.507 e. The van der Waals surface area contributed by atoms with Gasteiger partial charge in [-0.1, -0.05) is 18.2 Å². The SMILES string of the molecule is OCCN(CCO)Cc1cccc(CN(CCO)CCO)c1O. The van der Waals surface area contributed by atoms with E-state index in [1.54, 1.807) is 0 Å². The molecule has 1 rings (SSSR count). The van der Waals surface area contributed by atoms with Gasteiger partial charge in [-0.3, -0.25) is 9.80 Å². The van der Waals surface area contributed by atoms with E-state index in [4.69, 9.17) is 20.4 Å². The first-order chi connectivity index (χ1) is 11.2. The summed E-state index contributed by atoms with van der Waals surface area (Å²) in [5.41, 5.74) is 1.44. The van der Waals surface area contributed by atoms with Crippen molar-refractivity contribution in [1.29, 1.82) is 0 Å². The number of rotatable bonds is 12. The van der Waals surface area contributed by atoms with Crippen LogP contribution in [0, 0.1) is 0 Å². The summed E-state index contributed by atoms with van der Waals surface area (Å²) in [6.07, 6.45) is 0. The van der Waals surface area contributed by atoms with Gasteiger partial charge < -0.3 is 25.5 Å². The zero-order chi connectivity index (χ0) is 17.1. The molecule has 0 aliphatic heterocycles. The fraction of sp³-hybridized carbons (Fsp3) is 0.625. The van der Waals surface area contributed by atoms with Crippen molar-refractivity contribution in [2.45, 2.75) is 13.1 Å². The number of hydrogen-bond acceptors (Lipinski definition) is 7. The van der Waals surface area contributed by atoms with Gasteiger partial charge in [-0.2, -0.15) is 0 Å². The highest BCUT2D eigenvalue weighted by atomic mass is 16.3. The number of phenols is 1. The molecule has 5 N–H and O–H groups in total. The first-order valence-electron chi connectivity index (χ1n) is 7.84. The molecular weight excluding hydrogens is 300 g/mol. The van der Waals surface area contributed by atoms with E-state index < -0.39 is 0 Å². The third-order valence-corrected chi connectivity index (χ3v) is 3.66. The van der Waals surface area contributed by atoms with Gasteiger partial charge in [0.25, 0.3) is 0 Å². The number of benzene rings is 1. The molecule has 0 atom stereocenters. The molecule has 0 aliphatic carbocycles. The van der Waals surface area contributed by atoms with Crippen LogP contribution in [0.1, 0.15) is 11.1 Å². The zero-order valence-electron chi connectivity index (χ0n) is 13.4. The van der Waals surface area contributed by atoms with Crippen LogP contribution < -0.4 is 0 Å². The van der Waals surface area contributed by atoms with Crippen molar-refractivity contribution in [2.24, 2.45) is 0 Å². The van der Waals surface area contributed by atoms with E-state index in [0.717, 1.165) is 11.1 Å². The summed E-state index contributed by atoms with van der Waals surface area (Å²) < 4.78 is 0. The quantitative estimate of drug-likeness (QED) is 0.334. The molecule has 0 unspecified atom stereocenters. The minimum absolute atomic E-state index is 0.0127. The summed E-state index contributed by atoms with van der Waals surface area (Å²) in [5, 5.41) is 46.7. The molecular formula is C16H28N2O5. The number of hydrogen-bond donors (Lipinski definition) is 5. The van der Waals surface area contributed by atoms with Gasteiger partial charge in [0.05, 0.1) is 26.4 Å². The van der Waals surface area contributed by atoms with Crippen molar-refractivity contribution in [3.63, 3.8) is 0 Å². The van der Waals surface area contributed by atoms with Crippen LogP contribution in [0.25, 0.3) is 0 Å². The van der Waals surface area contributed by atoms with Gasteiger partial charge in [0, 0.05) is 50.4 Å². The molecule has 0 heterocycles. The normalized spacial score (nSPS) is 11.6. The Morgan fingerprint density at radius 3 is 1.30 bits per heavy atom. The van der Waals surface area contributed by atoms with Gasteiger partial charge in [0.1, 0.15) is 5.75 Å². The molecule has 0 fully saturated rings. The zero-order valence-corrected chi connectivity index (χ0v) is 13.4. The highest BCUT2D eigenvalue weighted by molar-refractivity contribution is 5.40. The molecule has 0 aliphatic rings. The molecule has 1 aromatic rings. The lowest BCUT2D eigenvalue weighted by atomic mass is 10.1. The van der Waals surface area contributed by atoms with Crippen molar-refractivity contribution in [2.75, 3.05) is 52.6 Å². The monoisotopic (exact) mass is 328 g/mol. The average Bonchev–Trinajstić information content (AvgIpc) is 2.52. The standard InChI is InChI=1S/C16H28N2O5/c19-8-4-17(5-9-20)12-14-2-1-3-15(16(14)23)13-18(6-10-21)7-11-22/h1-3,19-23H,4-13H2. The molecule has 0 radical (unpaired) electrons. The molecule has 23 heavy (non-hydrogen) atoms. The third-order valence-electron chi connectivity index (χ3n) is 3.66. The Morgan fingerprint density at radius 1 is 0.652 bits per heavy atom. The second kappa shape index (κ2) is 11.3. The first kappa shape index (κ1) is 19.8. The number of aliphatic hydroxyl groups excluding tert-OH is 4. The van der Waals surface area contributed by atoms with Gasteiger partial charge in [-0.15, -0.1) is 0 Å². The Morgan fingerprint density at radius 2 is 1.00 bits per heavy atom. The molecule has 132 valence electrons. The fourth-order valence-corrected chi connectivity index (χ4v) is 2.49. The predicted octanol–water partition coefficient (Wildman–Crippen LogP) is -1.03. The molecule has 7 nitrogen and oxygen atoms in total. The van der Waals surface area contributed by atoms with Gasteiger partial charge in [-0.05, 0) is 0 Å². The van der Waals surface area contributed by atoms with E-state index in [1.807, 2.05) is 28.0 Å². The van der Waals surface area contributed by atoms with Crippen LogP contribution in [-0.2, 0) is 13.1 Å². The molecule has 0 amide bonds. The molecule has 0 aromatic heterocycles. The Kier molecular flexibility index (Phi) is 9.77. The van der Waals surface area contributed by atoms with Crippen LogP contribution in [0.5, 0.6) is 5.75 Å². The Bertz CT molecular complexity index is 396. The van der Waals surface area contributed by atoms with Crippen LogP contribution in [0.2, 0.25) is 0 Å². The largest absolute Gasteiger partial charge is 0.507 e. The summed E-state index contributed by atoms with van der Waals surface area (Å²) in [7, 11) is 0. The van der Waals surface area contributed by atoms with Crippen LogP contribution in [0.3, 0.4) is 0 Å². The van der Waals surface area contributed by atoms with E-state index in [-0.39, 0.29) is 32.2 Å². The van der Waals surface area contributed by atoms with Crippen LogP contribution in [-0.4, -0.2) is 87.9 Å². The number of phenolic OH excluding ortho intramolecular Hbond substituents is 1. The summed E-state index contributed by atoms with van der Waals surface area (Å²) in [5.74, 6) is 0.175. The minimum atomic E-state index is -0.0127. The maximum Gasteiger partial charge on any atom is 0.124 e. The average molecular weight is 328 g/mol. The van der Waals surface area contributed by atoms with E-state index in [9.17, 15) is 5.11 Å². The van der Waals surface area contributed by atoms with E-state index in [2.05, 4.69) is 0 Å². The number of para-hydroxylation sites is 1. The maximum atomic E-state index is 10.5. The smallest absolute Gasteiger partial charge is 0.124 e. The van der Waals surface area contributed by atoms with Crippen molar-refractivity contribution < 1.29 is 25.5 Å². The van der Waals surface area contributed by atoms with Crippen molar-refractivity contribution in [1.82, 2.24) is 9.80 Å². The highest BCUT2D eigenvalue weighted by Crippen LogP contribution is 2.25. The van der Waals surface area contributed by atoms with Gasteiger partial charge >= 0.3 is 0 Å². The van der Waals surface area contributed by atoms with Gasteiger partial charge in [-0.25, -0.2) is 0 Å². The van der Waals surface area contributed by atoms with Crippen LogP contribution in [0.4, 0.5) is 0 Å². The van der Waals surface area contributed by atoms with E-state index in [1.165, 1.54) is 0 Å². The molecule has 7 heteroatoms. The van der Waals surface area contributed by atoms with E-state index in [0.29, 0.717) is 39.3 Å².